The van der Waals surface area contributed by atoms with Gasteiger partial charge in [-0.05, 0) is 107 Å². The highest BCUT2D eigenvalue weighted by molar-refractivity contribution is 8.00. The van der Waals surface area contributed by atoms with Crippen LogP contribution in [0.4, 0.5) is 34.1 Å². The van der Waals surface area contributed by atoms with E-state index < -0.39 is 0 Å². The first-order valence-electron chi connectivity index (χ1n) is 15.8. The lowest BCUT2D eigenvalue weighted by Gasteiger charge is -2.28. The fraction of sp³-hybridized carbons (Fsp3) is 0.100. The van der Waals surface area contributed by atoms with Crippen LogP contribution in [0.25, 0.3) is 22.3 Å². The average molecular weight is 650 g/mol. The molecule has 0 unspecified atom stereocenters. The summed E-state index contributed by atoms with van der Waals surface area (Å²) in [6.07, 6.45) is 1.94. The van der Waals surface area contributed by atoms with Crippen molar-refractivity contribution >= 4 is 69.4 Å². The van der Waals surface area contributed by atoms with Gasteiger partial charge in [-0.1, -0.05) is 97.7 Å². The molecule has 3 heterocycles. The maximum absolute atomic E-state index is 3.77. The van der Waals surface area contributed by atoms with Gasteiger partial charge in [0.1, 0.15) is 0 Å². The highest BCUT2D eigenvalue weighted by Crippen LogP contribution is 2.52. The quantitative estimate of drug-likeness (QED) is 0.176. The van der Waals surface area contributed by atoms with E-state index in [4.69, 9.17) is 0 Å². The first-order chi connectivity index (χ1) is 22.7. The van der Waals surface area contributed by atoms with Crippen molar-refractivity contribution < 1.29 is 0 Å². The fourth-order valence-electron chi connectivity index (χ4n) is 6.76. The maximum atomic E-state index is 3.77. The molecule has 6 heteroatoms. The van der Waals surface area contributed by atoms with Gasteiger partial charge in [0.25, 0.3) is 0 Å². The predicted molar refractivity (Wildman–Crippen MR) is 198 cm³/mol. The Bertz CT molecular complexity index is 2210. The van der Waals surface area contributed by atoms with E-state index >= 15 is 0 Å². The smallest absolute Gasteiger partial charge is 0.0529 e. The van der Waals surface area contributed by atoms with Crippen LogP contribution in [0.3, 0.4) is 0 Å². The minimum atomic E-state index is 0.965. The lowest BCUT2D eigenvalue weighted by Crippen LogP contribution is -2.06. The molecule has 0 saturated heterocycles. The van der Waals surface area contributed by atoms with Gasteiger partial charge in [-0.3, -0.25) is 0 Å². The molecule has 0 saturated carbocycles. The standard InChI is InChI=1S/C40H31N3S3/c1-3-25-27(15-19-33-39(25)45-36-12-8-6-10-30(36)42-33)28-16-20-34-40(26(28)4-2)46-38-22-24(14-18-32(38)43-34)23-13-17-31-37(21-23)44-35-11-7-5-9-29(35)41-31/h5-22,41-43H,3-4H2,1-2H3. The lowest BCUT2D eigenvalue weighted by molar-refractivity contribution is 1.06. The van der Waals surface area contributed by atoms with Crippen molar-refractivity contribution in [2.24, 2.45) is 0 Å². The summed E-state index contributed by atoms with van der Waals surface area (Å²) >= 11 is 5.64. The van der Waals surface area contributed by atoms with Crippen LogP contribution in [-0.2, 0) is 12.8 Å². The first-order valence-corrected chi connectivity index (χ1v) is 18.2. The van der Waals surface area contributed by atoms with Gasteiger partial charge in [-0.15, -0.1) is 0 Å². The van der Waals surface area contributed by atoms with E-state index in [2.05, 4.69) is 139 Å². The third kappa shape index (κ3) is 4.62. The summed E-state index contributed by atoms with van der Waals surface area (Å²) in [6.45, 7) is 4.57. The maximum Gasteiger partial charge on any atom is 0.0529 e. The van der Waals surface area contributed by atoms with Crippen LogP contribution in [0.15, 0.2) is 139 Å². The van der Waals surface area contributed by atoms with Crippen molar-refractivity contribution in [3.8, 4) is 22.3 Å². The highest BCUT2D eigenvalue weighted by atomic mass is 32.2. The second kappa shape index (κ2) is 11.2. The van der Waals surface area contributed by atoms with Crippen LogP contribution in [0, 0.1) is 0 Å². The van der Waals surface area contributed by atoms with Gasteiger partial charge < -0.3 is 16.0 Å². The fourth-order valence-corrected chi connectivity index (χ4v) is 10.2. The molecule has 0 aliphatic carbocycles. The summed E-state index contributed by atoms with van der Waals surface area (Å²) in [7, 11) is 0. The average Bonchev–Trinajstić information content (AvgIpc) is 3.10. The molecule has 224 valence electrons. The zero-order valence-electron chi connectivity index (χ0n) is 25.5. The predicted octanol–water partition coefficient (Wildman–Crippen LogP) is 12.8. The molecule has 0 fully saturated rings. The Hall–Kier alpha value is -4.23. The van der Waals surface area contributed by atoms with E-state index in [9.17, 15) is 0 Å². The minimum absolute atomic E-state index is 0.965. The molecule has 6 aromatic carbocycles. The minimum Gasteiger partial charge on any atom is -0.354 e. The number of benzene rings is 6. The second-order valence-corrected chi connectivity index (χ2v) is 14.9. The molecule has 0 radical (unpaired) electrons. The van der Waals surface area contributed by atoms with E-state index in [1.54, 1.807) is 0 Å². The van der Waals surface area contributed by atoms with E-state index in [-0.39, 0.29) is 0 Å². The topological polar surface area (TPSA) is 36.1 Å². The van der Waals surface area contributed by atoms with Gasteiger partial charge in [-0.2, -0.15) is 0 Å². The van der Waals surface area contributed by atoms with Crippen LogP contribution in [0.1, 0.15) is 25.0 Å². The summed E-state index contributed by atoms with van der Waals surface area (Å²) in [5.41, 5.74) is 15.1. The number of nitrogens with one attached hydrogen (secondary N) is 3. The Labute approximate surface area is 282 Å². The number of para-hydroxylation sites is 2. The number of anilines is 6. The summed E-state index contributed by atoms with van der Waals surface area (Å²) < 4.78 is 0. The Balaban J connectivity index is 1.07. The van der Waals surface area contributed by atoms with Crippen molar-refractivity contribution in [1.82, 2.24) is 0 Å². The van der Waals surface area contributed by atoms with Gasteiger partial charge in [0, 0.05) is 29.4 Å². The molecule has 3 aliphatic rings. The van der Waals surface area contributed by atoms with Gasteiger partial charge in [0.05, 0.1) is 34.1 Å². The molecule has 0 aromatic heterocycles. The second-order valence-electron chi connectivity index (χ2n) is 11.7. The molecule has 0 spiro atoms. The zero-order chi connectivity index (χ0) is 30.8. The van der Waals surface area contributed by atoms with Crippen molar-refractivity contribution in [3.05, 3.63) is 120 Å². The number of hydrogen-bond acceptors (Lipinski definition) is 6. The van der Waals surface area contributed by atoms with Gasteiger partial charge in [0.15, 0.2) is 0 Å². The summed E-state index contributed by atoms with van der Waals surface area (Å²) in [5, 5.41) is 11.1. The molecule has 6 aromatic rings. The van der Waals surface area contributed by atoms with Gasteiger partial charge in [0.2, 0.25) is 0 Å². The normalized spacial score (nSPS) is 13.4. The summed E-state index contributed by atoms with van der Waals surface area (Å²) in [6, 6.07) is 39.9. The van der Waals surface area contributed by atoms with Crippen molar-refractivity contribution in [3.63, 3.8) is 0 Å². The monoisotopic (exact) mass is 649 g/mol. The molecule has 0 amide bonds. The largest absolute Gasteiger partial charge is 0.354 e. The Morgan fingerprint density at radius 2 is 0.826 bits per heavy atom. The molecular formula is C40H31N3S3. The molecule has 9 rings (SSSR count). The third-order valence-electron chi connectivity index (χ3n) is 9.04. The molecule has 0 bridgehead atoms. The van der Waals surface area contributed by atoms with E-state index in [1.807, 2.05) is 35.3 Å². The Morgan fingerprint density at radius 1 is 0.413 bits per heavy atom. The zero-order valence-corrected chi connectivity index (χ0v) is 28.0. The molecule has 0 atom stereocenters. The van der Waals surface area contributed by atoms with Crippen LogP contribution in [-0.4, -0.2) is 0 Å². The van der Waals surface area contributed by atoms with Gasteiger partial charge >= 0.3 is 0 Å². The number of hydrogen-bond donors (Lipinski definition) is 3. The van der Waals surface area contributed by atoms with Crippen LogP contribution in [0.2, 0.25) is 0 Å². The highest BCUT2D eigenvalue weighted by Gasteiger charge is 2.25. The van der Waals surface area contributed by atoms with Crippen LogP contribution >= 0.6 is 35.3 Å². The van der Waals surface area contributed by atoms with E-state index in [0.29, 0.717) is 0 Å². The van der Waals surface area contributed by atoms with Gasteiger partial charge in [-0.25, -0.2) is 0 Å². The molecule has 3 nitrogen and oxygen atoms in total. The van der Waals surface area contributed by atoms with Crippen molar-refractivity contribution in [1.29, 1.82) is 0 Å². The van der Waals surface area contributed by atoms with Crippen LogP contribution in [0.5, 0.6) is 0 Å². The summed E-state index contributed by atoms with van der Waals surface area (Å²) in [4.78, 5) is 7.76. The summed E-state index contributed by atoms with van der Waals surface area (Å²) in [5.74, 6) is 0. The molecular weight excluding hydrogens is 619 g/mol. The molecule has 3 aliphatic heterocycles. The number of fused-ring (bicyclic) bond motifs is 6. The molecule has 46 heavy (non-hydrogen) atoms. The Kier molecular flexibility index (Phi) is 6.84. The van der Waals surface area contributed by atoms with Crippen molar-refractivity contribution in [2.45, 2.75) is 56.1 Å². The SMILES string of the molecule is CCc1c(-c2ccc3c(c2CC)Sc2cc(-c4ccc5c(c4)Sc4ccccc4N5)ccc2N3)ccc2c1Sc1ccccc1N2. The first kappa shape index (κ1) is 28.0. The number of rotatable bonds is 4. The van der Waals surface area contributed by atoms with Crippen molar-refractivity contribution in [2.75, 3.05) is 16.0 Å². The van der Waals surface area contributed by atoms with E-state index in [1.165, 1.54) is 96.9 Å². The molecule has 3 N–H and O–H groups in total. The lowest BCUT2D eigenvalue weighted by atomic mass is 9.92. The Morgan fingerprint density at radius 3 is 1.37 bits per heavy atom. The third-order valence-corrected chi connectivity index (χ3v) is 12.6. The van der Waals surface area contributed by atoms with Crippen LogP contribution < -0.4 is 16.0 Å². The van der Waals surface area contributed by atoms with E-state index in [0.717, 1.165) is 12.8 Å².